The summed E-state index contributed by atoms with van der Waals surface area (Å²) in [6.07, 6.45) is 2.89. The van der Waals surface area contributed by atoms with E-state index in [4.69, 9.17) is 9.72 Å². The molecule has 0 spiro atoms. The molecule has 2 aromatic carbocycles. The van der Waals surface area contributed by atoms with Crippen molar-refractivity contribution in [3.8, 4) is 17.0 Å². The molecule has 0 aliphatic rings. The van der Waals surface area contributed by atoms with E-state index in [1.807, 2.05) is 24.5 Å². The van der Waals surface area contributed by atoms with E-state index in [0.717, 1.165) is 24.4 Å². The third-order valence-corrected chi connectivity index (χ3v) is 4.29. The van der Waals surface area contributed by atoms with Gasteiger partial charge in [0, 0.05) is 17.8 Å². The van der Waals surface area contributed by atoms with Crippen molar-refractivity contribution in [2.75, 3.05) is 7.11 Å². The Bertz CT molecular complexity index is 791. The van der Waals surface area contributed by atoms with Crippen LogP contribution in [0.4, 0.5) is 0 Å². The fraction of sp³-hybridized carbons (Fsp3) is 0.286. The van der Waals surface area contributed by atoms with Gasteiger partial charge in [-0.15, -0.1) is 0 Å². The summed E-state index contributed by atoms with van der Waals surface area (Å²) in [4.78, 5) is 4.69. The average molecular weight is 320 g/mol. The molecule has 3 nitrogen and oxygen atoms in total. The minimum absolute atomic E-state index is 0.417. The fourth-order valence-electron chi connectivity index (χ4n) is 3.14. The minimum atomic E-state index is 0.417. The molecule has 0 fully saturated rings. The molecule has 0 radical (unpaired) electrons. The number of benzene rings is 2. The lowest BCUT2D eigenvalue weighted by Crippen LogP contribution is -2.07. The molecule has 3 aromatic rings. The molecule has 0 bridgehead atoms. The predicted octanol–water partition coefficient (Wildman–Crippen LogP) is 4.92. The largest absolute Gasteiger partial charge is 0.496 e. The number of aryl methyl sites for hydroxylation is 2. The lowest BCUT2D eigenvalue weighted by atomic mass is 10.0. The van der Waals surface area contributed by atoms with Gasteiger partial charge in [-0.3, -0.25) is 0 Å². The molecular weight excluding hydrogens is 296 g/mol. The van der Waals surface area contributed by atoms with Crippen LogP contribution in [0.3, 0.4) is 0 Å². The molecule has 0 unspecified atom stereocenters. The zero-order chi connectivity index (χ0) is 16.9. The highest BCUT2D eigenvalue weighted by Gasteiger charge is 2.16. The second kappa shape index (κ2) is 7.35. The van der Waals surface area contributed by atoms with Gasteiger partial charge in [-0.05, 0) is 24.0 Å². The summed E-state index contributed by atoms with van der Waals surface area (Å²) in [7, 11) is 1.73. The van der Waals surface area contributed by atoms with Gasteiger partial charge in [-0.2, -0.15) is 0 Å². The number of hydrogen-bond donors (Lipinski definition) is 0. The van der Waals surface area contributed by atoms with Crippen LogP contribution in [0.1, 0.15) is 31.0 Å². The smallest absolute Gasteiger partial charge is 0.122 e. The molecule has 1 aromatic heterocycles. The first-order chi connectivity index (χ1) is 11.7. The third kappa shape index (κ3) is 3.35. The van der Waals surface area contributed by atoms with Gasteiger partial charge in [0.25, 0.3) is 0 Å². The summed E-state index contributed by atoms with van der Waals surface area (Å²) < 4.78 is 7.74. The van der Waals surface area contributed by atoms with E-state index >= 15 is 0 Å². The molecule has 1 heterocycles. The highest BCUT2D eigenvalue weighted by Crippen LogP contribution is 2.28. The van der Waals surface area contributed by atoms with Crippen LogP contribution in [0.2, 0.25) is 0 Å². The Kier molecular flexibility index (Phi) is 4.99. The van der Waals surface area contributed by atoms with Gasteiger partial charge in [0.2, 0.25) is 0 Å². The summed E-state index contributed by atoms with van der Waals surface area (Å²) in [5, 5.41) is 0. The van der Waals surface area contributed by atoms with Crippen LogP contribution in [0, 0.1) is 0 Å². The highest BCUT2D eigenvalue weighted by molar-refractivity contribution is 5.62. The first-order valence-electron chi connectivity index (χ1n) is 8.43. The molecule has 0 saturated carbocycles. The Morgan fingerprint density at radius 3 is 2.42 bits per heavy atom. The third-order valence-electron chi connectivity index (χ3n) is 4.29. The number of rotatable bonds is 6. The molecule has 0 aliphatic heterocycles. The predicted molar refractivity (Wildman–Crippen MR) is 98.5 cm³/mol. The summed E-state index contributed by atoms with van der Waals surface area (Å²) >= 11 is 0. The van der Waals surface area contributed by atoms with E-state index in [-0.39, 0.29) is 0 Å². The van der Waals surface area contributed by atoms with Crippen molar-refractivity contribution in [1.82, 2.24) is 9.55 Å². The van der Waals surface area contributed by atoms with E-state index in [2.05, 4.69) is 54.8 Å². The molecule has 3 heteroatoms. The molecular formula is C21H24N2O. The number of aromatic nitrogens is 2. The van der Waals surface area contributed by atoms with Gasteiger partial charge in [0.15, 0.2) is 0 Å². The lowest BCUT2D eigenvalue weighted by molar-refractivity contribution is 0.408. The van der Waals surface area contributed by atoms with Crippen molar-refractivity contribution in [3.05, 3.63) is 72.2 Å². The maximum absolute atomic E-state index is 5.46. The number of ether oxygens (including phenoxy) is 1. The fourth-order valence-corrected chi connectivity index (χ4v) is 3.14. The average Bonchev–Trinajstić information content (AvgIpc) is 3.05. The van der Waals surface area contributed by atoms with E-state index in [9.17, 15) is 0 Å². The molecule has 3 rings (SSSR count). The number of imidazole rings is 1. The van der Waals surface area contributed by atoms with Gasteiger partial charge in [0.1, 0.15) is 5.75 Å². The summed E-state index contributed by atoms with van der Waals surface area (Å²) in [6.45, 7) is 5.35. The van der Waals surface area contributed by atoms with Crippen molar-refractivity contribution < 1.29 is 4.74 Å². The number of methoxy groups -OCH3 is 1. The SMILES string of the molecule is COc1ccccc1CCn1cnc(-c2ccccc2)c1C(C)C. The van der Waals surface area contributed by atoms with Crippen molar-refractivity contribution in [2.45, 2.75) is 32.7 Å². The van der Waals surface area contributed by atoms with Gasteiger partial charge in [-0.25, -0.2) is 4.98 Å². The molecule has 0 amide bonds. The quantitative estimate of drug-likeness (QED) is 0.644. The zero-order valence-electron chi connectivity index (χ0n) is 14.6. The second-order valence-corrected chi connectivity index (χ2v) is 6.25. The van der Waals surface area contributed by atoms with Crippen molar-refractivity contribution in [2.24, 2.45) is 0 Å². The van der Waals surface area contributed by atoms with Crippen LogP contribution in [0.25, 0.3) is 11.3 Å². The van der Waals surface area contributed by atoms with Crippen LogP contribution in [-0.2, 0) is 13.0 Å². The number of para-hydroxylation sites is 1. The van der Waals surface area contributed by atoms with E-state index in [1.165, 1.54) is 16.8 Å². The highest BCUT2D eigenvalue weighted by atomic mass is 16.5. The van der Waals surface area contributed by atoms with Gasteiger partial charge in [0.05, 0.1) is 19.1 Å². The van der Waals surface area contributed by atoms with Crippen LogP contribution >= 0.6 is 0 Å². The van der Waals surface area contributed by atoms with E-state index < -0.39 is 0 Å². The van der Waals surface area contributed by atoms with Crippen LogP contribution < -0.4 is 4.74 Å². The number of hydrogen-bond acceptors (Lipinski definition) is 2. The Hall–Kier alpha value is -2.55. The van der Waals surface area contributed by atoms with Gasteiger partial charge < -0.3 is 9.30 Å². The van der Waals surface area contributed by atoms with E-state index in [0.29, 0.717) is 5.92 Å². The summed E-state index contributed by atoms with van der Waals surface area (Å²) in [5.41, 5.74) is 4.78. The maximum atomic E-state index is 5.46. The first kappa shape index (κ1) is 16.3. The monoisotopic (exact) mass is 320 g/mol. The van der Waals surface area contributed by atoms with Crippen molar-refractivity contribution in [1.29, 1.82) is 0 Å². The molecule has 124 valence electrons. The molecule has 0 saturated heterocycles. The summed E-state index contributed by atoms with van der Waals surface area (Å²) in [6, 6.07) is 18.6. The van der Waals surface area contributed by atoms with Crippen LogP contribution in [0.15, 0.2) is 60.9 Å². The Labute approximate surface area is 143 Å². The Morgan fingerprint density at radius 1 is 1.00 bits per heavy atom. The Balaban J connectivity index is 1.88. The second-order valence-electron chi connectivity index (χ2n) is 6.25. The maximum Gasteiger partial charge on any atom is 0.122 e. The van der Waals surface area contributed by atoms with E-state index in [1.54, 1.807) is 7.11 Å². The molecule has 0 N–H and O–H groups in total. The van der Waals surface area contributed by atoms with Crippen LogP contribution in [-0.4, -0.2) is 16.7 Å². The standard InChI is InChI=1S/C21H24N2O/c1-16(2)21-20(18-10-5-4-6-11-18)22-15-23(21)14-13-17-9-7-8-12-19(17)24-3/h4-12,15-16H,13-14H2,1-3H3. The normalized spacial score (nSPS) is 11.0. The van der Waals surface area contributed by atoms with Crippen molar-refractivity contribution in [3.63, 3.8) is 0 Å². The minimum Gasteiger partial charge on any atom is -0.496 e. The Morgan fingerprint density at radius 2 is 1.71 bits per heavy atom. The molecule has 0 aliphatic carbocycles. The first-order valence-corrected chi connectivity index (χ1v) is 8.43. The summed E-state index contributed by atoms with van der Waals surface area (Å²) in [5.74, 6) is 1.37. The van der Waals surface area contributed by atoms with Crippen LogP contribution in [0.5, 0.6) is 5.75 Å². The molecule has 24 heavy (non-hydrogen) atoms. The lowest BCUT2D eigenvalue weighted by Gasteiger charge is -2.14. The van der Waals surface area contributed by atoms with Gasteiger partial charge in [-0.1, -0.05) is 62.4 Å². The van der Waals surface area contributed by atoms with Gasteiger partial charge >= 0.3 is 0 Å². The zero-order valence-corrected chi connectivity index (χ0v) is 14.6. The topological polar surface area (TPSA) is 27.1 Å². The molecule has 0 atom stereocenters. The van der Waals surface area contributed by atoms with Crippen molar-refractivity contribution >= 4 is 0 Å². The number of nitrogens with zero attached hydrogens (tertiary/aromatic N) is 2.